The molecule has 1 saturated carbocycles. The summed E-state index contributed by atoms with van der Waals surface area (Å²) in [6.45, 7) is 3.93. The number of hydrogen-bond donors (Lipinski definition) is 0. The lowest BCUT2D eigenvalue weighted by atomic mass is 9.68. The Bertz CT molecular complexity index is 1600. The van der Waals surface area contributed by atoms with Crippen molar-refractivity contribution in [2.24, 2.45) is 16.2 Å². The molecule has 0 aromatic heterocycles. The molecule has 242 valence electrons. The number of allylic oxidation sites excluding steroid dienone is 1. The first kappa shape index (κ1) is 32.1. The first-order valence-electron chi connectivity index (χ1n) is 16.2. The minimum Gasteiger partial charge on any atom is -0.490 e. The topological polar surface area (TPSA) is 94.5 Å². The molecule has 10 heteroatoms. The summed E-state index contributed by atoms with van der Waals surface area (Å²) in [5, 5.41) is 0.746. The zero-order valence-corrected chi connectivity index (χ0v) is 27.7. The van der Waals surface area contributed by atoms with Crippen LogP contribution in [0.1, 0.15) is 66.9 Å². The molecule has 2 bridgehead atoms. The zero-order chi connectivity index (χ0) is 31.6. The smallest absolute Gasteiger partial charge is 0.319 e. The molecular weight excluding hydrogens is 612 g/mol. The predicted molar refractivity (Wildman–Crippen MR) is 177 cm³/mol. The van der Waals surface area contributed by atoms with Crippen LogP contribution in [-0.4, -0.2) is 67.1 Å². The van der Waals surface area contributed by atoms with Crippen LogP contribution in [0.4, 0.5) is 5.69 Å². The van der Waals surface area contributed by atoms with Gasteiger partial charge in [0.25, 0.3) is 5.91 Å². The Morgan fingerprint density at radius 1 is 1.20 bits per heavy atom. The molecule has 1 spiro atoms. The maximum Gasteiger partial charge on any atom is 0.319 e. The van der Waals surface area contributed by atoms with Crippen LogP contribution in [0.2, 0.25) is 5.02 Å². The van der Waals surface area contributed by atoms with E-state index in [1.165, 1.54) is 11.1 Å². The van der Waals surface area contributed by atoms with Gasteiger partial charge >= 0.3 is 5.97 Å². The van der Waals surface area contributed by atoms with Crippen molar-refractivity contribution in [3.05, 3.63) is 70.3 Å². The second-order valence-corrected chi connectivity index (χ2v) is 15.7. The van der Waals surface area contributed by atoms with E-state index in [9.17, 15) is 13.8 Å². The molecule has 2 aliphatic heterocycles. The van der Waals surface area contributed by atoms with E-state index < -0.39 is 27.4 Å². The van der Waals surface area contributed by atoms with E-state index in [-0.39, 0.29) is 23.9 Å². The third kappa shape index (κ3) is 6.81. The Morgan fingerprint density at radius 2 is 2.07 bits per heavy atom. The van der Waals surface area contributed by atoms with Crippen molar-refractivity contribution in [1.29, 1.82) is 0 Å². The Morgan fingerprint density at radius 3 is 2.84 bits per heavy atom. The predicted octanol–water partition coefficient (Wildman–Crippen LogP) is 6.38. The fourth-order valence-electron chi connectivity index (χ4n) is 7.58. The number of carbonyl (C=O) groups is 2. The van der Waals surface area contributed by atoms with Crippen LogP contribution < -0.4 is 9.64 Å². The normalized spacial score (nSPS) is 30.5. The maximum absolute atomic E-state index is 13.9. The van der Waals surface area contributed by atoms with Crippen LogP contribution in [0, 0.1) is 11.8 Å². The summed E-state index contributed by atoms with van der Waals surface area (Å²) < 4.78 is 35.8. The Labute approximate surface area is 271 Å². The summed E-state index contributed by atoms with van der Waals surface area (Å²) in [6.07, 6.45) is 10.6. The van der Waals surface area contributed by atoms with Crippen LogP contribution in [0.15, 0.2) is 52.9 Å². The van der Waals surface area contributed by atoms with Gasteiger partial charge in [-0.05, 0) is 105 Å². The molecule has 1 amide bonds. The van der Waals surface area contributed by atoms with Crippen molar-refractivity contribution < 1.29 is 28.0 Å². The number of aryl methyl sites for hydroxylation is 1. The molecule has 5 atom stereocenters. The molecule has 8 nitrogen and oxygen atoms in total. The highest BCUT2D eigenvalue weighted by molar-refractivity contribution is 7.94. The second kappa shape index (κ2) is 13.5. The lowest BCUT2D eigenvalue weighted by molar-refractivity contribution is -0.139. The summed E-state index contributed by atoms with van der Waals surface area (Å²) in [7, 11) is -1.42. The number of halogens is 1. The van der Waals surface area contributed by atoms with Crippen molar-refractivity contribution in [2.45, 2.75) is 63.4 Å². The summed E-state index contributed by atoms with van der Waals surface area (Å²) >= 11 is 6.42. The minimum atomic E-state index is -3.19. The van der Waals surface area contributed by atoms with Crippen LogP contribution in [0.5, 0.6) is 5.75 Å². The fraction of sp³-hybridized carbons (Fsp3) is 0.543. The van der Waals surface area contributed by atoms with Gasteiger partial charge in [0.15, 0.2) is 0 Å². The number of esters is 1. The average Bonchev–Trinajstić information content (AvgIpc) is 3.14. The highest BCUT2D eigenvalue weighted by atomic mass is 35.5. The summed E-state index contributed by atoms with van der Waals surface area (Å²) in [4.78, 5) is 28.4. The van der Waals surface area contributed by atoms with Gasteiger partial charge in [-0.1, -0.05) is 29.8 Å². The van der Waals surface area contributed by atoms with Gasteiger partial charge in [0.2, 0.25) is 0 Å². The molecular formula is C35H43ClN2O6S. The van der Waals surface area contributed by atoms with E-state index in [2.05, 4.69) is 33.5 Å². The molecule has 4 aliphatic rings. The highest BCUT2D eigenvalue weighted by Gasteiger charge is 2.44. The zero-order valence-electron chi connectivity index (χ0n) is 26.2. The van der Waals surface area contributed by atoms with Crippen molar-refractivity contribution in [3.8, 4) is 5.75 Å². The van der Waals surface area contributed by atoms with E-state index in [4.69, 9.17) is 25.8 Å². The number of ether oxygens (including phenoxy) is 3. The number of amides is 1. The Hall–Kier alpha value is -2.88. The number of rotatable bonds is 4. The standard InChI is InChI=1S/C35H43ClN2O6S/c1-3-43-33(39)21-45(41)17-6-4-5-9-31(42-2)28-13-10-26(28)20-38-22-35(16-7-8-24-18-27(36)12-14-29(24)35)23-44-32-15-11-25(19-30(32)38)34(40)37-45/h5,9,11-12,14-15,18-19,26,28,31H,3-4,6-8,10,13,16-17,20-23H2,1-2H3/b9-5+/t26-,28+,31-,35-,45-/m0/s1. The van der Waals surface area contributed by atoms with Crippen molar-refractivity contribution in [1.82, 2.24) is 0 Å². The molecule has 6 rings (SSSR count). The van der Waals surface area contributed by atoms with E-state index in [1.807, 2.05) is 18.2 Å². The lowest BCUT2D eigenvalue weighted by Gasteiger charge is -2.46. The van der Waals surface area contributed by atoms with Gasteiger partial charge in [-0.25, -0.2) is 4.21 Å². The molecule has 2 aromatic rings. The molecule has 0 radical (unpaired) electrons. The fourth-order valence-corrected chi connectivity index (χ4v) is 9.55. The third-order valence-corrected chi connectivity index (χ3v) is 12.3. The first-order chi connectivity index (χ1) is 21.7. The third-order valence-electron chi connectivity index (χ3n) is 9.97. The van der Waals surface area contributed by atoms with Gasteiger partial charge in [0.1, 0.15) is 11.5 Å². The SMILES string of the molecule is CCOC(=O)C[S@]1(=O)=NC(=O)c2ccc3c(c2)N(C[C@@H]2CC[C@H]2[C@@H](OC)/C=C/CCC1)C[C@@]1(CCCc2cc(Cl)ccc21)CO3. The van der Waals surface area contributed by atoms with Gasteiger partial charge in [-0.3, -0.25) is 9.59 Å². The molecule has 45 heavy (non-hydrogen) atoms. The summed E-state index contributed by atoms with van der Waals surface area (Å²) in [5.41, 5.74) is 3.49. The van der Waals surface area contributed by atoms with Crippen molar-refractivity contribution in [2.75, 3.05) is 49.8 Å². The van der Waals surface area contributed by atoms with Crippen LogP contribution >= 0.6 is 11.6 Å². The number of fused-ring (bicyclic) bond motifs is 4. The van der Waals surface area contributed by atoms with Crippen LogP contribution in [0.25, 0.3) is 0 Å². The van der Waals surface area contributed by atoms with Crippen molar-refractivity contribution >= 4 is 38.9 Å². The molecule has 0 unspecified atom stereocenters. The largest absolute Gasteiger partial charge is 0.490 e. The Balaban J connectivity index is 1.43. The van der Waals surface area contributed by atoms with Gasteiger partial charge in [-0.2, -0.15) is 4.36 Å². The van der Waals surface area contributed by atoms with E-state index in [1.54, 1.807) is 20.1 Å². The number of nitrogens with zero attached hydrogens (tertiary/aromatic N) is 2. The minimum absolute atomic E-state index is 0.0210. The van der Waals surface area contributed by atoms with E-state index >= 15 is 0 Å². The van der Waals surface area contributed by atoms with Crippen molar-refractivity contribution in [3.63, 3.8) is 0 Å². The highest BCUT2D eigenvalue weighted by Crippen LogP contribution is 2.47. The lowest BCUT2D eigenvalue weighted by Crippen LogP contribution is -2.49. The molecule has 1 fully saturated rings. The van der Waals surface area contributed by atoms with Gasteiger partial charge in [0.05, 0.1) is 34.7 Å². The average molecular weight is 655 g/mol. The van der Waals surface area contributed by atoms with E-state index in [0.717, 1.165) is 61.7 Å². The number of hydrogen-bond acceptors (Lipinski definition) is 7. The monoisotopic (exact) mass is 654 g/mol. The van der Waals surface area contributed by atoms with Gasteiger partial charge < -0.3 is 19.1 Å². The summed E-state index contributed by atoms with van der Waals surface area (Å²) in [5.74, 6) is 0.0126. The van der Waals surface area contributed by atoms with Gasteiger partial charge in [0, 0.05) is 42.0 Å². The van der Waals surface area contributed by atoms with E-state index in [0.29, 0.717) is 36.8 Å². The number of anilines is 1. The van der Waals surface area contributed by atoms with Crippen LogP contribution in [0.3, 0.4) is 0 Å². The molecule has 2 aliphatic carbocycles. The summed E-state index contributed by atoms with van der Waals surface area (Å²) in [6, 6.07) is 11.6. The number of carbonyl (C=O) groups excluding carboxylic acids is 2. The maximum atomic E-state index is 13.9. The number of benzene rings is 2. The molecule has 2 heterocycles. The molecule has 0 saturated heterocycles. The van der Waals surface area contributed by atoms with Crippen LogP contribution in [-0.2, 0) is 35.8 Å². The number of methoxy groups -OCH3 is 1. The second-order valence-electron chi connectivity index (χ2n) is 12.9. The van der Waals surface area contributed by atoms with Gasteiger partial charge in [-0.15, -0.1) is 0 Å². The molecule has 2 aromatic carbocycles. The first-order valence-corrected chi connectivity index (χ1v) is 18.4. The molecule has 0 N–H and O–H groups in total. The quantitative estimate of drug-likeness (QED) is 0.279. The Kier molecular flexibility index (Phi) is 9.60.